The Morgan fingerprint density at radius 2 is 1.72 bits per heavy atom. The second kappa shape index (κ2) is 8.13. The second-order valence-electron chi connectivity index (χ2n) is 5.86. The minimum absolute atomic E-state index is 0.0594. The Bertz CT molecular complexity index is 705. The molecule has 0 saturated carbocycles. The number of amides is 1. The Morgan fingerprint density at radius 1 is 1.12 bits per heavy atom. The molecule has 0 spiro atoms. The van der Waals surface area contributed by atoms with E-state index in [0.29, 0.717) is 4.90 Å². The van der Waals surface area contributed by atoms with Crippen LogP contribution in [-0.4, -0.2) is 31.2 Å². The van der Waals surface area contributed by atoms with Crippen molar-refractivity contribution in [2.45, 2.75) is 12.3 Å². The standard InChI is InChI=1S/C18H19F3N2O2/c1-23(11-16(24)13-7-3-2-4-8-13)12-17(25)22-15-10-6-5-9-14(15)18(19,20)21/h2-10,16,24H,11-12H2,1H3,(H,22,25)/p+1/t16-/m0/s1. The van der Waals surface area contributed by atoms with Gasteiger partial charge in [0, 0.05) is 0 Å². The van der Waals surface area contributed by atoms with Crippen LogP contribution >= 0.6 is 0 Å². The van der Waals surface area contributed by atoms with Crippen LogP contribution in [0.5, 0.6) is 0 Å². The molecule has 0 aliphatic rings. The number of likely N-dealkylation sites (N-methyl/N-ethyl adjacent to an activating group) is 1. The van der Waals surface area contributed by atoms with Crippen molar-refractivity contribution >= 4 is 11.6 Å². The predicted molar refractivity (Wildman–Crippen MR) is 88.1 cm³/mol. The van der Waals surface area contributed by atoms with Crippen LogP contribution in [0.4, 0.5) is 18.9 Å². The van der Waals surface area contributed by atoms with Gasteiger partial charge in [-0.1, -0.05) is 42.5 Å². The number of hydrogen-bond acceptors (Lipinski definition) is 2. The van der Waals surface area contributed by atoms with Gasteiger partial charge in [-0.15, -0.1) is 0 Å². The number of halogens is 3. The molecule has 3 N–H and O–H groups in total. The average molecular weight is 353 g/mol. The molecule has 1 unspecified atom stereocenters. The van der Waals surface area contributed by atoms with Crippen LogP contribution in [0.3, 0.4) is 0 Å². The van der Waals surface area contributed by atoms with Crippen molar-refractivity contribution in [3.63, 3.8) is 0 Å². The average Bonchev–Trinajstić information content (AvgIpc) is 2.54. The van der Waals surface area contributed by atoms with Crippen molar-refractivity contribution in [2.75, 3.05) is 25.5 Å². The van der Waals surface area contributed by atoms with Gasteiger partial charge in [0.25, 0.3) is 5.91 Å². The Balaban J connectivity index is 1.94. The molecule has 2 aromatic carbocycles. The molecular weight excluding hydrogens is 333 g/mol. The van der Waals surface area contributed by atoms with E-state index in [4.69, 9.17) is 0 Å². The highest BCUT2D eigenvalue weighted by molar-refractivity contribution is 5.92. The third kappa shape index (κ3) is 5.58. The zero-order valence-electron chi connectivity index (χ0n) is 13.7. The molecule has 1 amide bonds. The molecule has 2 atom stereocenters. The summed E-state index contributed by atoms with van der Waals surface area (Å²) in [5.41, 5.74) is -0.425. The zero-order valence-corrected chi connectivity index (χ0v) is 13.7. The number of alkyl halides is 3. The van der Waals surface area contributed by atoms with Crippen LogP contribution < -0.4 is 10.2 Å². The smallest absolute Gasteiger partial charge is 0.382 e. The van der Waals surface area contributed by atoms with Gasteiger partial charge in [-0.2, -0.15) is 13.2 Å². The summed E-state index contributed by atoms with van der Waals surface area (Å²) in [7, 11) is 1.70. The molecule has 0 aromatic heterocycles. The van der Waals surface area contributed by atoms with Crippen LogP contribution in [0.15, 0.2) is 54.6 Å². The van der Waals surface area contributed by atoms with E-state index in [9.17, 15) is 23.1 Å². The van der Waals surface area contributed by atoms with E-state index < -0.39 is 23.8 Å². The molecule has 0 aliphatic carbocycles. The molecular formula is C18H20F3N2O2+. The Morgan fingerprint density at radius 3 is 2.36 bits per heavy atom. The molecule has 7 heteroatoms. The maximum Gasteiger partial charge on any atom is 0.418 e. The SMILES string of the molecule is C[NH+](CC(=O)Nc1ccccc1C(F)(F)F)C[C@H](O)c1ccccc1. The lowest BCUT2D eigenvalue weighted by Crippen LogP contribution is -3.10. The van der Waals surface area contributed by atoms with Gasteiger partial charge in [-0.25, -0.2) is 0 Å². The summed E-state index contributed by atoms with van der Waals surface area (Å²) in [6, 6.07) is 13.8. The quantitative estimate of drug-likeness (QED) is 0.743. The van der Waals surface area contributed by atoms with Gasteiger partial charge >= 0.3 is 6.18 Å². The lowest BCUT2D eigenvalue weighted by Gasteiger charge is -2.19. The molecule has 0 heterocycles. The highest BCUT2D eigenvalue weighted by atomic mass is 19.4. The van der Waals surface area contributed by atoms with E-state index in [0.717, 1.165) is 11.6 Å². The summed E-state index contributed by atoms with van der Waals surface area (Å²) < 4.78 is 38.8. The number of quaternary nitrogens is 1. The summed E-state index contributed by atoms with van der Waals surface area (Å²) in [6.45, 7) is 0.203. The number of aliphatic hydroxyl groups excluding tert-OH is 1. The molecule has 0 radical (unpaired) electrons. The van der Waals surface area contributed by atoms with Crippen LogP contribution in [0.2, 0.25) is 0 Å². The zero-order chi connectivity index (χ0) is 18.4. The molecule has 0 aliphatic heterocycles. The highest BCUT2D eigenvalue weighted by Crippen LogP contribution is 2.34. The number of carbonyl (C=O) groups is 1. The first-order valence-electron chi connectivity index (χ1n) is 7.77. The van der Waals surface area contributed by atoms with Crippen molar-refractivity contribution in [2.24, 2.45) is 0 Å². The van der Waals surface area contributed by atoms with Crippen LogP contribution in [0, 0.1) is 0 Å². The minimum Gasteiger partial charge on any atom is -0.382 e. The summed E-state index contributed by atoms with van der Waals surface area (Å²) in [6.07, 6.45) is -5.29. The molecule has 2 aromatic rings. The lowest BCUT2D eigenvalue weighted by molar-refractivity contribution is -0.875. The van der Waals surface area contributed by atoms with Gasteiger partial charge < -0.3 is 15.3 Å². The third-order valence-corrected chi connectivity index (χ3v) is 3.70. The van der Waals surface area contributed by atoms with E-state index >= 15 is 0 Å². The first-order chi connectivity index (χ1) is 11.8. The molecule has 0 bridgehead atoms. The number of carbonyl (C=O) groups excluding carboxylic acids is 1. The number of hydrogen-bond donors (Lipinski definition) is 3. The fourth-order valence-corrected chi connectivity index (χ4v) is 2.50. The summed E-state index contributed by atoms with van der Waals surface area (Å²) in [5, 5.41) is 12.4. The minimum atomic E-state index is -4.54. The van der Waals surface area contributed by atoms with Gasteiger partial charge in [0.2, 0.25) is 0 Å². The van der Waals surface area contributed by atoms with E-state index in [2.05, 4.69) is 5.32 Å². The fraction of sp³-hybridized carbons (Fsp3) is 0.278. The summed E-state index contributed by atoms with van der Waals surface area (Å²) in [4.78, 5) is 12.7. The number of aliphatic hydroxyl groups is 1. The van der Waals surface area contributed by atoms with Crippen LogP contribution in [0.25, 0.3) is 0 Å². The topological polar surface area (TPSA) is 53.8 Å². The molecule has 4 nitrogen and oxygen atoms in total. The first-order valence-corrected chi connectivity index (χ1v) is 7.77. The Hall–Kier alpha value is -2.38. The number of anilines is 1. The first kappa shape index (κ1) is 19.0. The van der Waals surface area contributed by atoms with Gasteiger partial charge in [-0.05, 0) is 17.7 Å². The molecule has 134 valence electrons. The maximum absolute atomic E-state index is 12.9. The molecule has 0 fully saturated rings. The largest absolute Gasteiger partial charge is 0.418 e. The Kier molecular flexibility index (Phi) is 6.17. The van der Waals surface area contributed by atoms with Crippen molar-refractivity contribution in [3.05, 3.63) is 65.7 Å². The fourth-order valence-electron chi connectivity index (χ4n) is 2.50. The predicted octanol–water partition coefficient (Wildman–Crippen LogP) is 1.89. The van der Waals surface area contributed by atoms with E-state index in [1.165, 1.54) is 18.2 Å². The third-order valence-electron chi connectivity index (χ3n) is 3.70. The van der Waals surface area contributed by atoms with E-state index in [1.807, 2.05) is 6.07 Å². The number of rotatable bonds is 6. The highest BCUT2D eigenvalue weighted by Gasteiger charge is 2.33. The van der Waals surface area contributed by atoms with Gasteiger partial charge in [0.15, 0.2) is 6.54 Å². The van der Waals surface area contributed by atoms with Crippen molar-refractivity contribution in [1.29, 1.82) is 0 Å². The van der Waals surface area contributed by atoms with Gasteiger partial charge in [-0.3, -0.25) is 4.79 Å². The van der Waals surface area contributed by atoms with Crippen molar-refractivity contribution in [3.8, 4) is 0 Å². The van der Waals surface area contributed by atoms with E-state index in [-0.39, 0.29) is 18.8 Å². The van der Waals surface area contributed by atoms with Gasteiger partial charge in [0.1, 0.15) is 12.6 Å². The maximum atomic E-state index is 12.9. The van der Waals surface area contributed by atoms with Crippen molar-refractivity contribution in [1.82, 2.24) is 0 Å². The van der Waals surface area contributed by atoms with Gasteiger partial charge in [0.05, 0.1) is 18.3 Å². The van der Waals surface area contributed by atoms with Crippen LogP contribution in [0.1, 0.15) is 17.2 Å². The van der Waals surface area contributed by atoms with E-state index in [1.54, 1.807) is 31.3 Å². The summed E-state index contributed by atoms with van der Waals surface area (Å²) in [5.74, 6) is -0.547. The molecule has 25 heavy (non-hydrogen) atoms. The normalized spacial score (nSPS) is 14.0. The monoisotopic (exact) mass is 353 g/mol. The number of nitrogens with one attached hydrogen (secondary N) is 2. The Labute approximate surface area is 143 Å². The van der Waals surface area contributed by atoms with Crippen LogP contribution in [-0.2, 0) is 11.0 Å². The van der Waals surface area contributed by atoms with Crippen molar-refractivity contribution < 1.29 is 28.0 Å². The lowest BCUT2D eigenvalue weighted by atomic mass is 10.1. The summed E-state index contributed by atoms with van der Waals surface area (Å²) >= 11 is 0. The molecule has 0 saturated heterocycles. The second-order valence-corrected chi connectivity index (χ2v) is 5.86. The number of benzene rings is 2. The number of para-hydroxylation sites is 1. The molecule has 2 rings (SSSR count).